The van der Waals surface area contributed by atoms with Crippen molar-refractivity contribution < 1.29 is 14.8 Å². The smallest absolute Gasteiger partial charge is 0.336 e. The van der Waals surface area contributed by atoms with Crippen LogP contribution in [0.25, 0.3) is 0 Å². The first-order valence-corrected chi connectivity index (χ1v) is 6.53. The number of rotatable bonds is 4. The minimum atomic E-state index is -1.07. The highest BCUT2D eigenvalue weighted by atomic mass is 32.2. The summed E-state index contributed by atoms with van der Waals surface area (Å²) in [6, 6.07) is 12.2. The van der Waals surface area contributed by atoms with Crippen molar-refractivity contribution in [3.63, 3.8) is 0 Å². The fourth-order valence-corrected chi connectivity index (χ4v) is 2.66. The van der Waals surface area contributed by atoms with E-state index in [9.17, 15) is 14.9 Å². The van der Waals surface area contributed by atoms with E-state index in [-0.39, 0.29) is 16.8 Å². The molecule has 0 unspecified atom stereocenters. The van der Waals surface area contributed by atoms with Crippen molar-refractivity contribution in [2.45, 2.75) is 9.79 Å². The first-order valence-electron chi connectivity index (χ1n) is 5.71. The summed E-state index contributed by atoms with van der Waals surface area (Å²) in [4.78, 5) is 22.2. The average Bonchev–Trinajstić information content (AvgIpc) is 2.47. The van der Waals surface area contributed by atoms with Crippen LogP contribution in [0.2, 0.25) is 0 Å². The third-order valence-electron chi connectivity index (χ3n) is 2.63. The number of nitro benzene ring substituents is 1. The summed E-state index contributed by atoms with van der Waals surface area (Å²) in [6.45, 7) is 0. The second-order valence-corrected chi connectivity index (χ2v) is 5.04. The van der Waals surface area contributed by atoms with Crippen LogP contribution in [0.5, 0.6) is 0 Å². The van der Waals surface area contributed by atoms with Crippen LogP contribution in [0.15, 0.2) is 52.3 Å². The van der Waals surface area contributed by atoms with Gasteiger partial charge in [0.15, 0.2) is 0 Å². The maximum Gasteiger partial charge on any atom is 0.336 e. The first-order chi connectivity index (χ1) is 10.0. The molecule has 0 saturated carbocycles. The van der Waals surface area contributed by atoms with Gasteiger partial charge in [-0.1, -0.05) is 23.9 Å². The number of nitro groups is 1. The fraction of sp³-hybridized carbons (Fsp3) is 0. The predicted molar refractivity (Wildman–Crippen MR) is 75.3 cm³/mol. The van der Waals surface area contributed by atoms with Crippen molar-refractivity contribution in [3.8, 4) is 6.07 Å². The lowest BCUT2D eigenvalue weighted by atomic mass is 10.2. The number of aromatic carboxylic acids is 1. The maximum atomic E-state index is 11.1. The molecule has 7 heteroatoms. The Bertz CT molecular complexity index is 768. The average molecular weight is 300 g/mol. The first kappa shape index (κ1) is 14.6. The van der Waals surface area contributed by atoms with E-state index in [0.29, 0.717) is 9.79 Å². The molecular weight excluding hydrogens is 292 g/mol. The molecule has 2 rings (SSSR count). The molecule has 2 aromatic carbocycles. The van der Waals surface area contributed by atoms with Crippen LogP contribution in [0.1, 0.15) is 15.9 Å². The Morgan fingerprint density at radius 3 is 2.57 bits per heavy atom. The van der Waals surface area contributed by atoms with Gasteiger partial charge in [0.1, 0.15) is 6.07 Å². The van der Waals surface area contributed by atoms with Crippen molar-refractivity contribution in [1.82, 2.24) is 0 Å². The highest BCUT2D eigenvalue weighted by Crippen LogP contribution is 2.34. The lowest BCUT2D eigenvalue weighted by Crippen LogP contribution is -1.98. The molecule has 0 radical (unpaired) electrons. The van der Waals surface area contributed by atoms with E-state index in [2.05, 4.69) is 0 Å². The van der Waals surface area contributed by atoms with Gasteiger partial charge in [-0.25, -0.2) is 4.79 Å². The molecule has 0 fully saturated rings. The van der Waals surface area contributed by atoms with E-state index in [4.69, 9.17) is 10.4 Å². The third-order valence-corrected chi connectivity index (χ3v) is 3.78. The summed E-state index contributed by atoms with van der Waals surface area (Å²) in [5.41, 5.74) is 0.0709. The van der Waals surface area contributed by atoms with Crippen LogP contribution in [-0.2, 0) is 0 Å². The zero-order valence-electron chi connectivity index (χ0n) is 10.5. The number of carboxylic acids is 1. The Hall–Kier alpha value is -2.85. The van der Waals surface area contributed by atoms with E-state index in [1.54, 1.807) is 18.2 Å². The van der Waals surface area contributed by atoms with Gasteiger partial charge < -0.3 is 5.11 Å². The lowest BCUT2D eigenvalue weighted by Gasteiger charge is -2.06. The SMILES string of the molecule is N#Cc1cc([N+](=O)[O-])ccc1Sc1ccccc1C(=O)O. The van der Waals surface area contributed by atoms with E-state index in [0.717, 1.165) is 11.8 Å². The molecule has 0 aromatic heterocycles. The highest BCUT2D eigenvalue weighted by molar-refractivity contribution is 7.99. The van der Waals surface area contributed by atoms with Crippen molar-refractivity contribution in [2.75, 3.05) is 0 Å². The number of non-ortho nitro benzene ring substituents is 1. The van der Waals surface area contributed by atoms with E-state index >= 15 is 0 Å². The molecule has 0 aliphatic carbocycles. The summed E-state index contributed by atoms with van der Waals surface area (Å²) in [5.74, 6) is -1.07. The normalized spacial score (nSPS) is 9.86. The Kier molecular flexibility index (Phi) is 4.21. The van der Waals surface area contributed by atoms with Gasteiger partial charge in [0, 0.05) is 21.9 Å². The molecule has 104 valence electrons. The number of carbonyl (C=O) groups is 1. The molecule has 0 spiro atoms. The highest BCUT2D eigenvalue weighted by Gasteiger charge is 2.15. The predicted octanol–water partition coefficient (Wildman–Crippen LogP) is 3.32. The topological polar surface area (TPSA) is 104 Å². The van der Waals surface area contributed by atoms with Gasteiger partial charge in [-0.15, -0.1) is 0 Å². The van der Waals surface area contributed by atoms with E-state index < -0.39 is 10.9 Å². The fourth-order valence-electron chi connectivity index (χ4n) is 1.66. The van der Waals surface area contributed by atoms with Crippen LogP contribution in [0.4, 0.5) is 5.69 Å². The second kappa shape index (κ2) is 6.07. The van der Waals surface area contributed by atoms with Gasteiger partial charge in [-0.2, -0.15) is 5.26 Å². The molecule has 1 N–H and O–H groups in total. The number of hydrogen-bond acceptors (Lipinski definition) is 5. The second-order valence-electron chi connectivity index (χ2n) is 3.95. The molecule has 0 amide bonds. The molecule has 0 heterocycles. The Morgan fingerprint density at radius 2 is 1.95 bits per heavy atom. The quantitative estimate of drug-likeness (QED) is 0.686. The van der Waals surface area contributed by atoms with Gasteiger partial charge in [0.05, 0.1) is 16.1 Å². The van der Waals surface area contributed by atoms with Crippen LogP contribution in [-0.4, -0.2) is 16.0 Å². The van der Waals surface area contributed by atoms with Crippen LogP contribution >= 0.6 is 11.8 Å². The van der Waals surface area contributed by atoms with Crippen LogP contribution < -0.4 is 0 Å². The van der Waals surface area contributed by atoms with Crippen LogP contribution in [0.3, 0.4) is 0 Å². The molecule has 0 atom stereocenters. The van der Waals surface area contributed by atoms with Crippen molar-refractivity contribution in [3.05, 3.63) is 63.7 Å². The summed E-state index contributed by atoms with van der Waals surface area (Å²) in [5, 5.41) is 28.9. The largest absolute Gasteiger partial charge is 0.478 e. The lowest BCUT2D eigenvalue weighted by molar-refractivity contribution is -0.384. The van der Waals surface area contributed by atoms with Gasteiger partial charge in [-0.05, 0) is 18.2 Å². The van der Waals surface area contributed by atoms with E-state index in [1.807, 2.05) is 6.07 Å². The molecular formula is C14H8N2O4S. The molecule has 0 bridgehead atoms. The Balaban J connectivity index is 2.43. The molecule has 0 saturated heterocycles. The number of carboxylic acid groups (broad SMARTS) is 1. The number of nitrogens with zero attached hydrogens (tertiary/aromatic N) is 2. The Morgan fingerprint density at radius 1 is 1.24 bits per heavy atom. The minimum absolute atomic E-state index is 0.116. The monoisotopic (exact) mass is 300 g/mol. The van der Waals surface area contributed by atoms with Crippen molar-refractivity contribution in [1.29, 1.82) is 5.26 Å². The van der Waals surface area contributed by atoms with Crippen LogP contribution in [0, 0.1) is 21.4 Å². The summed E-state index contributed by atoms with van der Waals surface area (Å²) < 4.78 is 0. The van der Waals surface area contributed by atoms with Gasteiger partial charge in [0.2, 0.25) is 0 Å². The third kappa shape index (κ3) is 3.19. The number of nitriles is 1. The number of benzene rings is 2. The Labute approximate surface area is 123 Å². The molecule has 0 aliphatic heterocycles. The minimum Gasteiger partial charge on any atom is -0.478 e. The molecule has 2 aromatic rings. The van der Waals surface area contributed by atoms with Gasteiger partial charge in [0.25, 0.3) is 5.69 Å². The summed E-state index contributed by atoms with van der Waals surface area (Å²) in [6.07, 6.45) is 0. The van der Waals surface area contributed by atoms with Crippen molar-refractivity contribution >= 4 is 23.4 Å². The molecule has 0 aliphatic rings. The summed E-state index contributed by atoms with van der Waals surface area (Å²) >= 11 is 1.09. The molecule has 21 heavy (non-hydrogen) atoms. The maximum absolute atomic E-state index is 11.1. The number of hydrogen-bond donors (Lipinski definition) is 1. The van der Waals surface area contributed by atoms with Crippen molar-refractivity contribution in [2.24, 2.45) is 0 Å². The van der Waals surface area contributed by atoms with Gasteiger partial charge >= 0.3 is 5.97 Å². The van der Waals surface area contributed by atoms with Gasteiger partial charge in [-0.3, -0.25) is 10.1 Å². The zero-order chi connectivity index (χ0) is 15.4. The molecule has 6 nitrogen and oxygen atoms in total. The standard InChI is InChI=1S/C14H8N2O4S/c15-8-9-7-10(16(19)20)5-6-12(9)21-13-4-2-1-3-11(13)14(17)18/h1-7H,(H,17,18). The summed E-state index contributed by atoms with van der Waals surface area (Å²) in [7, 11) is 0. The zero-order valence-corrected chi connectivity index (χ0v) is 11.3. The van der Waals surface area contributed by atoms with E-state index in [1.165, 1.54) is 24.3 Å².